The Hall–Kier alpha value is -0.930. The third-order valence-electron chi connectivity index (χ3n) is 3.70. The third kappa shape index (κ3) is 3.05. The Balaban J connectivity index is 2.11. The van der Waals surface area contributed by atoms with E-state index in [0.717, 1.165) is 31.5 Å². The summed E-state index contributed by atoms with van der Waals surface area (Å²) in [6.45, 7) is 6.14. The van der Waals surface area contributed by atoms with Crippen LogP contribution in [0.1, 0.15) is 32.3 Å². The van der Waals surface area contributed by atoms with Crippen molar-refractivity contribution in [3.05, 3.63) is 35.6 Å². The first-order valence-electron chi connectivity index (χ1n) is 6.22. The monoisotopic (exact) mass is 236 g/mol. The van der Waals surface area contributed by atoms with Gasteiger partial charge >= 0.3 is 0 Å². The van der Waals surface area contributed by atoms with E-state index in [4.69, 9.17) is 5.73 Å². The van der Waals surface area contributed by atoms with Crippen molar-refractivity contribution in [2.45, 2.75) is 44.8 Å². The number of piperidine rings is 1. The smallest absolute Gasteiger partial charge is 0.123 e. The van der Waals surface area contributed by atoms with E-state index in [1.165, 1.54) is 6.07 Å². The molecular weight excluding hydrogens is 215 g/mol. The second kappa shape index (κ2) is 4.75. The molecule has 94 valence electrons. The maximum atomic E-state index is 13.1. The Labute approximate surface area is 103 Å². The summed E-state index contributed by atoms with van der Waals surface area (Å²) in [5.41, 5.74) is 7.19. The maximum Gasteiger partial charge on any atom is 0.123 e. The molecule has 0 saturated carbocycles. The van der Waals surface area contributed by atoms with E-state index in [-0.39, 0.29) is 17.4 Å². The zero-order valence-corrected chi connectivity index (χ0v) is 10.6. The molecule has 0 bridgehead atoms. The first kappa shape index (κ1) is 12.5. The molecule has 2 N–H and O–H groups in total. The molecule has 2 rings (SSSR count). The summed E-state index contributed by atoms with van der Waals surface area (Å²) < 4.78 is 13.1. The van der Waals surface area contributed by atoms with Gasteiger partial charge in [0.1, 0.15) is 5.82 Å². The topological polar surface area (TPSA) is 29.3 Å². The van der Waals surface area contributed by atoms with Crippen LogP contribution in [0, 0.1) is 5.82 Å². The van der Waals surface area contributed by atoms with Crippen molar-refractivity contribution in [3.8, 4) is 0 Å². The molecule has 1 aromatic carbocycles. The molecule has 0 spiro atoms. The molecule has 1 aliphatic rings. The zero-order valence-electron chi connectivity index (χ0n) is 10.6. The predicted molar refractivity (Wildman–Crippen MR) is 68.1 cm³/mol. The molecule has 17 heavy (non-hydrogen) atoms. The van der Waals surface area contributed by atoms with Gasteiger partial charge in [0, 0.05) is 24.7 Å². The lowest BCUT2D eigenvalue weighted by Crippen LogP contribution is -2.53. The number of hydrogen-bond donors (Lipinski definition) is 1. The van der Waals surface area contributed by atoms with Crippen LogP contribution < -0.4 is 5.73 Å². The van der Waals surface area contributed by atoms with Crippen molar-refractivity contribution in [2.75, 3.05) is 6.54 Å². The van der Waals surface area contributed by atoms with Gasteiger partial charge in [0.15, 0.2) is 0 Å². The Morgan fingerprint density at radius 3 is 2.94 bits per heavy atom. The van der Waals surface area contributed by atoms with Crippen LogP contribution in [0.4, 0.5) is 4.39 Å². The number of nitrogens with two attached hydrogens (primary N) is 1. The highest BCUT2D eigenvalue weighted by Crippen LogP contribution is 2.28. The van der Waals surface area contributed by atoms with Crippen molar-refractivity contribution in [2.24, 2.45) is 5.73 Å². The Morgan fingerprint density at radius 2 is 2.24 bits per heavy atom. The lowest BCUT2D eigenvalue weighted by molar-refractivity contribution is 0.0585. The van der Waals surface area contributed by atoms with E-state index in [0.29, 0.717) is 0 Å². The molecule has 1 heterocycles. The van der Waals surface area contributed by atoms with Gasteiger partial charge in [0.25, 0.3) is 0 Å². The van der Waals surface area contributed by atoms with E-state index in [9.17, 15) is 4.39 Å². The second-order valence-corrected chi connectivity index (χ2v) is 5.62. The molecule has 1 fully saturated rings. The quantitative estimate of drug-likeness (QED) is 0.855. The van der Waals surface area contributed by atoms with Crippen molar-refractivity contribution < 1.29 is 4.39 Å². The first-order chi connectivity index (χ1) is 7.97. The molecule has 1 aliphatic heterocycles. The third-order valence-corrected chi connectivity index (χ3v) is 3.70. The fraction of sp³-hybridized carbons (Fsp3) is 0.571. The summed E-state index contributed by atoms with van der Waals surface area (Å²) in [4.78, 5) is 2.36. The summed E-state index contributed by atoms with van der Waals surface area (Å²) in [6, 6.07) is 7.07. The fourth-order valence-electron chi connectivity index (χ4n) is 2.45. The number of benzene rings is 1. The minimum Gasteiger partial charge on any atom is -0.327 e. The summed E-state index contributed by atoms with van der Waals surface area (Å²) in [6.07, 6.45) is 2.18. The molecule has 0 radical (unpaired) electrons. The van der Waals surface area contributed by atoms with Gasteiger partial charge in [-0.3, -0.25) is 4.90 Å². The van der Waals surface area contributed by atoms with Gasteiger partial charge in [-0.15, -0.1) is 0 Å². The Kier molecular flexibility index (Phi) is 3.50. The molecule has 0 aliphatic carbocycles. The van der Waals surface area contributed by atoms with Crippen LogP contribution in [0.15, 0.2) is 24.3 Å². The average molecular weight is 236 g/mol. The van der Waals surface area contributed by atoms with Crippen LogP contribution in [-0.4, -0.2) is 23.0 Å². The molecule has 2 nitrogen and oxygen atoms in total. The lowest BCUT2D eigenvalue weighted by Gasteiger charge is -2.44. The normalized spacial score (nSPS) is 24.8. The van der Waals surface area contributed by atoms with Gasteiger partial charge in [-0.1, -0.05) is 12.1 Å². The highest BCUT2D eigenvalue weighted by Gasteiger charge is 2.32. The van der Waals surface area contributed by atoms with Crippen LogP contribution in [0.3, 0.4) is 0 Å². The molecule has 1 aromatic rings. The minimum absolute atomic E-state index is 0.155. The standard InChI is InChI=1S/C14H21FN2/c1-14(2)7-6-13(16)10-17(14)9-11-4-3-5-12(15)8-11/h3-5,8,13H,6-7,9-10,16H2,1-2H3. The van der Waals surface area contributed by atoms with Crippen LogP contribution in [0.2, 0.25) is 0 Å². The molecule has 0 aromatic heterocycles. The van der Waals surface area contributed by atoms with Crippen LogP contribution in [0.25, 0.3) is 0 Å². The van der Waals surface area contributed by atoms with E-state index < -0.39 is 0 Å². The molecule has 1 saturated heterocycles. The molecular formula is C14H21FN2. The van der Waals surface area contributed by atoms with Gasteiger partial charge in [-0.25, -0.2) is 4.39 Å². The molecule has 0 amide bonds. The maximum absolute atomic E-state index is 13.1. The van der Waals surface area contributed by atoms with Crippen molar-refractivity contribution in [3.63, 3.8) is 0 Å². The van der Waals surface area contributed by atoms with E-state index in [1.54, 1.807) is 12.1 Å². The summed E-state index contributed by atoms with van der Waals surface area (Å²) in [5.74, 6) is -0.165. The van der Waals surface area contributed by atoms with Crippen molar-refractivity contribution >= 4 is 0 Å². The van der Waals surface area contributed by atoms with Crippen LogP contribution in [0.5, 0.6) is 0 Å². The highest BCUT2D eigenvalue weighted by atomic mass is 19.1. The highest BCUT2D eigenvalue weighted by molar-refractivity contribution is 5.16. The number of halogens is 1. The number of rotatable bonds is 2. The Morgan fingerprint density at radius 1 is 1.47 bits per heavy atom. The van der Waals surface area contributed by atoms with Gasteiger partial charge in [0.2, 0.25) is 0 Å². The SMILES string of the molecule is CC1(C)CCC(N)CN1Cc1cccc(F)c1. The summed E-state index contributed by atoms with van der Waals surface area (Å²) in [7, 11) is 0. The number of nitrogens with zero attached hydrogens (tertiary/aromatic N) is 1. The van der Waals surface area contributed by atoms with Crippen molar-refractivity contribution in [1.82, 2.24) is 4.90 Å². The van der Waals surface area contributed by atoms with Gasteiger partial charge in [0.05, 0.1) is 0 Å². The fourth-order valence-corrected chi connectivity index (χ4v) is 2.45. The largest absolute Gasteiger partial charge is 0.327 e. The van der Waals surface area contributed by atoms with E-state index in [2.05, 4.69) is 18.7 Å². The molecule has 3 heteroatoms. The predicted octanol–water partition coefficient (Wildman–Crippen LogP) is 2.53. The molecule has 1 unspecified atom stereocenters. The number of likely N-dealkylation sites (tertiary alicyclic amines) is 1. The summed E-state index contributed by atoms with van der Waals surface area (Å²) in [5, 5.41) is 0. The lowest BCUT2D eigenvalue weighted by atomic mass is 9.88. The average Bonchev–Trinajstić information content (AvgIpc) is 2.24. The van der Waals surface area contributed by atoms with Gasteiger partial charge in [-0.05, 0) is 44.4 Å². The number of hydrogen-bond acceptors (Lipinski definition) is 2. The van der Waals surface area contributed by atoms with Gasteiger partial charge in [-0.2, -0.15) is 0 Å². The molecule has 1 atom stereocenters. The summed E-state index contributed by atoms with van der Waals surface area (Å²) >= 11 is 0. The van der Waals surface area contributed by atoms with Crippen LogP contribution in [-0.2, 0) is 6.54 Å². The Bertz CT molecular complexity index is 390. The zero-order chi connectivity index (χ0) is 12.5. The van der Waals surface area contributed by atoms with Gasteiger partial charge < -0.3 is 5.73 Å². The van der Waals surface area contributed by atoms with E-state index >= 15 is 0 Å². The van der Waals surface area contributed by atoms with E-state index in [1.807, 2.05) is 6.07 Å². The minimum atomic E-state index is -0.165. The van der Waals surface area contributed by atoms with Crippen molar-refractivity contribution in [1.29, 1.82) is 0 Å². The van der Waals surface area contributed by atoms with Crippen LogP contribution >= 0.6 is 0 Å². The second-order valence-electron chi connectivity index (χ2n) is 5.62. The first-order valence-corrected chi connectivity index (χ1v) is 6.22.